The van der Waals surface area contributed by atoms with Crippen LogP contribution >= 0.6 is 0 Å². The molecule has 5 heteroatoms. The highest BCUT2D eigenvalue weighted by Crippen LogP contribution is 2.26. The molecule has 4 nitrogen and oxygen atoms in total. The van der Waals surface area contributed by atoms with E-state index < -0.39 is 6.04 Å². The minimum atomic E-state index is -0.407. The van der Waals surface area contributed by atoms with E-state index in [2.05, 4.69) is 0 Å². The first-order valence-electron chi connectivity index (χ1n) is 5.90. The average Bonchev–Trinajstić information content (AvgIpc) is 2.33. The molecule has 18 heavy (non-hydrogen) atoms. The van der Waals surface area contributed by atoms with Gasteiger partial charge in [-0.2, -0.15) is 0 Å². The van der Waals surface area contributed by atoms with Crippen molar-refractivity contribution in [1.82, 2.24) is 0 Å². The molecule has 1 unspecified atom stereocenters. The molecule has 2 N–H and O–H groups in total. The van der Waals surface area contributed by atoms with Gasteiger partial charge < -0.3 is 19.9 Å². The fourth-order valence-corrected chi connectivity index (χ4v) is 1.54. The van der Waals surface area contributed by atoms with E-state index >= 15 is 0 Å². The zero-order valence-electron chi connectivity index (χ0n) is 10.8. The van der Waals surface area contributed by atoms with E-state index in [-0.39, 0.29) is 5.82 Å². The van der Waals surface area contributed by atoms with Crippen molar-refractivity contribution in [3.8, 4) is 5.75 Å². The molecule has 0 bridgehead atoms. The summed E-state index contributed by atoms with van der Waals surface area (Å²) in [5.74, 6) is 0.128. The van der Waals surface area contributed by atoms with Gasteiger partial charge in [0.2, 0.25) is 0 Å². The summed E-state index contributed by atoms with van der Waals surface area (Å²) in [6, 6.07) is 4.27. The normalized spacial score (nSPS) is 12.4. The SMILES string of the molecule is COCCOCCOc1cccc(F)c1C(C)N. The zero-order valence-corrected chi connectivity index (χ0v) is 10.8. The maximum atomic E-state index is 13.6. The maximum Gasteiger partial charge on any atom is 0.131 e. The number of rotatable bonds is 8. The number of hydrogen-bond donors (Lipinski definition) is 1. The summed E-state index contributed by atoms with van der Waals surface area (Å²) in [5.41, 5.74) is 6.12. The van der Waals surface area contributed by atoms with Crippen molar-refractivity contribution in [2.24, 2.45) is 5.73 Å². The first-order chi connectivity index (χ1) is 8.66. The second kappa shape index (κ2) is 8.02. The Morgan fingerprint density at radius 1 is 1.22 bits per heavy atom. The zero-order chi connectivity index (χ0) is 13.4. The summed E-state index contributed by atoms with van der Waals surface area (Å²) in [6.07, 6.45) is 0. The molecule has 0 spiro atoms. The molecule has 0 fully saturated rings. The third-order valence-electron chi connectivity index (χ3n) is 2.39. The lowest BCUT2D eigenvalue weighted by atomic mass is 10.1. The molecule has 1 aromatic rings. The molecule has 0 saturated heterocycles. The molecule has 0 aromatic heterocycles. The lowest BCUT2D eigenvalue weighted by molar-refractivity contribution is 0.0541. The van der Waals surface area contributed by atoms with Crippen LogP contribution in [0.3, 0.4) is 0 Å². The predicted octanol–water partition coefficient (Wildman–Crippen LogP) is 1.89. The highest BCUT2D eigenvalue weighted by atomic mass is 19.1. The van der Waals surface area contributed by atoms with Crippen molar-refractivity contribution in [3.63, 3.8) is 0 Å². The second-order valence-electron chi connectivity index (χ2n) is 3.89. The second-order valence-corrected chi connectivity index (χ2v) is 3.89. The highest BCUT2D eigenvalue weighted by molar-refractivity contribution is 5.36. The number of halogens is 1. The number of ether oxygens (including phenoxy) is 3. The molecular weight excluding hydrogens is 237 g/mol. The summed E-state index contributed by atoms with van der Waals surface area (Å²) in [7, 11) is 1.61. The molecular formula is C13H20FNO3. The molecule has 0 aliphatic heterocycles. The summed E-state index contributed by atoms with van der Waals surface area (Å²) >= 11 is 0. The van der Waals surface area contributed by atoms with Crippen molar-refractivity contribution >= 4 is 0 Å². The Labute approximate surface area is 107 Å². The topological polar surface area (TPSA) is 53.7 Å². The first-order valence-corrected chi connectivity index (χ1v) is 5.90. The van der Waals surface area contributed by atoms with E-state index in [1.165, 1.54) is 6.07 Å². The fraction of sp³-hybridized carbons (Fsp3) is 0.538. The molecule has 1 aromatic carbocycles. The molecule has 0 amide bonds. The van der Waals surface area contributed by atoms with Crippen LogP contribution < -0.4 is 10.5 Å². The van der Waals surface area contributed by atoms with Gasteiger partial charge in [-0.25, -0.2) is 4.39 Å². The lowest BCUT2D eigenvalue weighted by Crippen LogP contribution is -2.14. The summed E-state index contributed by atoms with van der Waals surface area (Å²) in [5, 5.41) is 0. The molecule has 0 saturated carbocycles. The van der Waals surface area contributed by atoms with Crippen LogP contribution in [0.25, 0.3) is 0 Å². The van der Waals surface area contributed by atoms with E-state index in [1.807, 2.05) is 0 Å². The van der Waals surface area contributed by atoms with Crippen LogP contribution in [0.4, 0.5) is 4.39 Å². The largest absolute Gasteiger partial charge is 0.491 e. The molecule has 0 heterocycles. The minimum absolute atomic E-state index is 0.345. The van der Waals surface area contributed by atoms with E-state index in [1.54, 1.807) is 26.2 Å². The Morgan fingerprint density at radius 2 is 1.94 bits per heavy atom. The van der Waals surface area contributed by atoms with Crippen molar-refractivity contribution in [3.05, 3.63) is 29.6 Å². The minimum Gasteiger partial charge on any atom is -0.491 e. The van der Waals surface area contributed by atoms with Crippen LogP contribution in [0, 0.1) is 5.82 Å². The van der Waals surface area contributed by atoms with Gasteiger partial charge in [0.25, 0.3) is 0 Å². The monoisotopic (exact) mass is 257 g/mol. The van der Waals surface area contributed by atoms with Crippen molar-refractivity contribution < 1.29 is 18.6 Å². The van der Waals surface area contributed by atoms with Gasteiger partial charge in [-0.05, 0) is 19.1 Å². The van der Waals surface area contributed by atoms with Gasteiger partial charge in [0, 0.05) is 18.7 Å². The van der Waals surface area contributed by atoms with Crippen molar-refractivity contribution in [2.45, 2.75) is 13.0 Å². The van der Waals surface area contributed by atoms with E-state index in [4.69, 9.17) is 19.9 Å². The predicted molar refractivity (Wildman–Crippen MR) is 67.2 cm³/mol. The molecule has 0 aliphatic carbocycles. The number of nitrogens with two attached hydrogens (primary N) is 1. The Balaban J connectivity index is 2.44. The quantitative estimate of drug-likeness (QED) is 0.722. The van der Waals surface area contributed by atoms with Gasteiger partial charge in [-0.1, -0.05) is 6.07 Å². The standard InChI is InChI=1S/C13H20FNO3/c1-10(15)13-11(14)4-3-5-12(13)18-9-8-17-7-6-16-2/h3-5,10H,6-9,15H2,1-2H3. The Kier molecular flexibility index (Phi) is 6.64. The van der Waals surface area contributed by atoms with Crippen LogP contribution in [-0.4, -0.2) is 33.5 Å². The Hall–Kier alpha value is -1.17. The van der Waals surface area contributed by atoms with Crippen molar-refractivity contribution in [1.29, 1.82) is 0 Å². The van der Waals surface area contributed by atoms with Crippen LogP contribution in [-0.2, 0) is 9.47 Å². The summed E-state index contributed by atoms with van der Waals surface area (Å²) in [4.78, 5) is 0. The highest BCUT2D eigenvalue weighted by Gasteiger charge is 2.13. The van der Waals surface area contributed by atoms with Gasteiger partial charge in [-0.3, -0.25) is 0 Å². The van der Waals surface area contributed by atoms with Gasteiger partial charge in [0.15, 0.2) is 0 Å². The number of methoxy groups -OCH3 is 1. The molecule has 0 aliphatic rings. The van der Waals surface area contributed by atoms with Gasteiger partial charge in [-0.15, -0.1) is 0 Å². The average molecular weight is 257 g/mol. The van der Waals surface area contributed by atoms with Gasteiger partial charge in [0.05, 0.1) is 19.8 Å². The van der Waals surface area contributed by atoms with Crippen LogP contribution in [0.5, 0.6) is 5.75 Å². The van der Waals surface area contributed by atoms with Crippen LogP contribution in [0.2, 0.25) is 0 Å². The number of hydrogen-bond acceptors (Lipinski definition) is 4. The number of benzene rings is 1. The lowest BCUT2D eigenvalue weighted by Gasteiger charge is -2.14. The summed E-state index contributed by atoms with van der Waals surface area (Å²) < 4.78 is 29.1. The van der Waals surface area contributed by atoms with E-state index in [9.17, 15) is 4.39 Å². The summed E-state index contributed by atoms with van der Waals surface area (Å²) in [6.45, 7) is 3.57. The molecule has 102 valence electrons. The van der Waals surface area contributed by atoms with Gasteiger partial charge in [0.1, 0.15) is 18.2 Å². The molecule has 1 atom stereocenters. The van der Waals surface area contributed by atoms with E-state index in [0.29, 0.717) is 37.7 Å². The molecule has 1 rings (SSSR count). The first kappa shape index (κ1) is 14.9. The van der Waals surface area contributed by atoms with Crippen LogP contribution in [0.15, 0.2) is 18.2 Å². The maximum absolute atomic E-state index is 13.6. The molecule has 0 radical (unpaired) electrons. The van der Waals surface area contributed by atoms with E-state index in [0.717, 1.165) is 0 Å². The fourth-order valence-electron chi connectivity index (χ4n) is 1.54. The van der Waals surface area contributed by atoms with Crippen molar-refractivity contribution in [2.75, 3.05) is 33.5 Å². The third-order valence-corrected chi connectivity index (χ3v) is 2.39. The Bertz CT molecular complexity index is 358. The smallest absolute Gasteiger partial charge is 0.131 e. The Morgan fingerprint density at radius 3 is 2.61 bits per heavy atom. The van der Waals surface area contributed by atoms with Gasteiger partial charge >= 0.3 is 0 Å². The third kappa shape index (κ3) is 4.60. The van der Waals surface area contributed by atoms with Crippen LogP contribution in [0.1, 0.15) is 18.5 Å².